The Balaban J connectivity index is 1.85. The van der Waals surface area contributed by atoms with E-state index in [0.29, 0.717) is 22.9 Å². The van der Waals surface area contributed by atoms with Gasteiger partial charge in [-0.25, -0.2) is 9.37 Å². The fraction of sp³-hybridized carbons (Fsp3) is 0.357. The molecule has 0 radical (unpaired) electrons. The van der Waals surface area contributed by atoms with Crippen molar-refractivity contribution >= 4 is 16.5 Å². The van der Waals surface area contributed by atoms with Gasteiger partial charge in [-0.2, -0.15) is 18.4 Å². The lowest BCUT2D eigenvalue weighted by Gasteiger charge is -2.14. The second-order valence-electron chi connectivity index (χ2n) is 5.19. The van der Waals surface area contributed by atoms with Gasteiger partial charge >= 0.3 is 6.18 Å². The summed E-state index contributed by atoms with van der Waals surface area (Å²) in [5.74, 6) is 0. The molecule has 0 spiro atoms. The molecule has 3 rings (SSSR count). The minimum Gasteiger partial charge on any atom is -0.344 e. The largest absolute Gasteiger partial charge is 0.433 e. The fourth-order valence-electron chi connectivity index (χ4n) is 2.31. The van der Waals surface area contributed by atoms with Gasteiger partial charge in [0.15, 0.2) is 5.13 Å². The Kier molecular flexibility index (Phi) is 3.72. The van der Waals surface area contributed by atoms with Crippen LogP contribution in [0.15, 0.2) is 23.7 Å². The molecule has 1 fully saturated rings. The monoisotopic (exact) mass is 342 g/mol. The predicted molar refractivity (Wildman–Crippen MR) is 76.6 cm³/mol. The quantitative estimate of drug-likeness (QED) is 0.782. The maximum atomic E-state index is 13.9. The van der Waals surface area contributed by atoms with Crippen LogP contribution < -0.4 is 4.90 Å². The molecule has 0 amide bonds. The molecule has 1 saturated heterocycles. The van der Waals surface area contributed by atoms with E-state index >= 15 is 0 Å². The molecule has 9 heteroatoms. The first-order chi connectivity index (χ1) is 10.8. The van der Waals surface area contributed by atoms with Crippen LogP contribution in [0.25, 0.3) is 11.3 Å². The Hall–Kier alpha value is -2.21. The van der Waals surface area contributed by atoms with Crippen molar-refractivity contribution in [2.45, 2.75) is 18.3 Å². The van der Waals surface area contributed by atoms with Gasteiger partial charge in [0.05, 0.1) is 12.2 Å². The van der Waals surface area contributed by atoms with E-state index in [-0.39, 0.29) is 13.0 Å². The molecule has 0 aliphatic carbocycles. The van der Waals surface area contributed by atoms with Gasteiger partial charge in [-0.3, -0.25) is 4.98 Å². The number of hydrogen-bond acceptors (Lipinski definition) is 5. The first kappa shape index (κ1) is 15.7. The van der Waals surface area contributed by atoms with Crippen molar-refractivity contribution in [1.82, 2.24) is 9.97 Å². The summed E-state index contributed by atoms with van der Waals surface area (Å²) in [7, 11) is 0. The molecule has 1 aliphatic heterocycles. The number of rotatable bonds is 2. The third-order valence-electron chi connectivity index (χ3n) is 3.53. The summed E-state index contributed by atoms with van der Waals surface area (Å²) < 4.78 is 52.0. The molecule has 1 aliphatic rings. The lowest BCUT2D eigenvalue weighted by molar-refractivity contribution is -0.141. The van der Waals surface area contributed by atoms with E-state index in [0.717, 1.165) is 12.3 Å². The summed E-state index contributed by atoms with van der Waals surface area (Å²) in [4.78, 5) is 9.19. The summed E-state index contributed by atoms with van der Waals surface area (Å²) in [6.45, 7) is 0.266. The van der Waals surface area contributed by atoms with Gasteiger partial charge in [-0.15, -0.1) is 11.3 Å². The first-order valence-corrected chi connectivity index (χ1v) is 7.53. The second-order valence-corrected chi connectivity index (χ2v) is 6.03. The van der Waals surface area contributed by atoms with Crippen molar-refractivity contribution in [3.05, 3.63) is 29.4 Å². The van der Waals surface area contributed by atoms with Crippen molar-refractivity contribution in [2.24, 2.45) is 0 Å². The highest BCUT2D eigenvalue weighted by atomic mass is 32.1. The highest BCUT2D eigenvalue weighted by molar-refractivity contribution is 7.14. The average Bonchev–Trinajstić information content (AvgIpc) is 3.14. The van der Waals surface area contributed by atoms with Crippen LogP contribution in [0.3, 0.4) is 0 Å². The molecule has 120 valence electrons. The minimum atomic E-state index is -4.52. The molecule has 3 heterocycles. The third kappa shape index (κ3) is 3.12. The minimum absolute atomic E-state index is 0.0827. The van der Waals surface area contributed by atoms with Crippen LogP contribution in [0.4, 0.5) is 22.7 Å². The SMILES string of the molecule is N#C[C@]1(F)CCN(c2nc(-c3ccnc(C(F)(F)F)c3)cs2)C1. The Morgan fingerprint density at radius 3 is 2.83 bits per heavy atom. The van der Waals surface area contributed by atoms with Crippen LogP contribution >= 0.6 is 11.3 Å². The summed E-state index contributed by atoms with van der Waals surface area (Å²) in [5.41, 5.74) is -2.23. The number of hydrogen-bond donors (Lipinski definition) is 0. The van der Waals surface area contributed by atoms with Gasteiger partial charge < -0.3 is 4.90 Å². The molecule has 0 aromatic carbocycles. The predicted octanol–water partition coefficient (Wildman–Crippen LogP) is 3.67. The molecule has 0 N–H and O–H groups in total. The normalized spacial score (nSPS) is 21.4. The number of halogens is 4. The third-order valence-corrected chi connectivity index (χ3v) is 4.43. The zero-order chi connectivity index (χ0) is 16.7. The summed E-state index contributed by atoms with van der Waals surface area (Å²) in [5, 5.41) is 10.9. The number of alkyl halides is 4. The van der Waals surface area contributed by atoms with Gasteiger partial charge in [-0.05, 0) is 12.1 Å². The van der Waals surface area contributed by atoms with E-state index in [1.54, 1.807) is 16.3 Å². The Morgan fingerprint density at radius 1 is 1.39 bits per heavy atom. The highest BCUT2D eigenvalue weighted by Gasteiger charge is 2.39. The van der Waals surface area contributed by atoms with Gasteiger partial charge in [-0.1, -0.05) is 0 Å². The summed E-state index contributed by atoms with van der Waals surface area (Å²) in [6.07, 6.45) is -3.36. The van der Waals surface area contributed by atoms with E-state index in [1.807, 2.05) is 0 Å². The van der Waals surface area contributed by atoms with Crippen LogP contribution in [0.2, 0.25) is 0 Å². The lowest BCUT2D eigenvalue weighted by atomic mass is 10.1. The number of anilines is 1. The van der Waals surface area contributed by atoms with E-state index in [1.165, 1.54) is 17.4 Å². The molecule has 4 nitrogen and oxygen atoms in total. The molecule has 23 heavy (non-hydrogen) atoms. The van der Waals surface area contributed by atoms with Gasteiger partial charge in [0.2, 0.25) is 5.67 Å². The average molecular weight is 342 g/mol. The highest BCUT2D eigenvalue weighted by Crippen LogP contribution is 2.35. The molecule has 1 atom stereocenters. The van der Waals surface area contributed by atoms with Crippen LogP contribution in [0.1, 0.15) is 12.1 Å². The Labute approximate surface area is 133 Å². The Morgan fingerprint density at radius 2 is 2.17 bits per heavy atom. The van der Waals surface area contributed by atoms with Gasteiger partial charge in [0, 0.05) is 30.1 Å². The van der Waals surface area contributed by atoms with Crippen LogP contribution in [-0.2, 0) is 6.18 Å². The van der Waals surface area contributed by atoms with E-state index in [9.17, 15) is 17.6 Å². The second kappa shape index (κ2) is 5.45. The van der Waals surface area contributed by atoms with Crippen molar-refractivity contribution in [1.29, 1.82) is 5.26 Å². The molecule has 0 unspecified atom stereocenters. The summed E-state index contributed by atoms with van der Waals surface area (Å²) in [6, 6.07) is 4.00. The van der Waals surface area contributed by atoms with Crippen LogP contribution in [0, 0.1) is 11.3 Å². The summed E-state index contributed by atoms with van der Waals surface area (Å²) >= 11 is 1.20. The standard InChI is InChI=1S/C14H10F4N4S/c15-13(7-19)2-4-22(8-13)12-21-10(6-23-12)9-1-3-20-11(5-9)14(16,17)18/h1,3,5-6H,2,4,8H2/t13-/m1/s1. The molecule has 0 bridgehead atoms. The van der Waals surface area contributed by atoms with E-state index in [2.05, 4.69) is 9.97 Å². The van der Waals surface area contributed by atoms with Crippen LogP contribution in [-0.4, -0.2) is 28.7 Å². The van der Waals surface area contributed by atoms with Gasteiger partial charge in [0.25, 0.3) is 0 Å². The number of aromatic nitrogens is 2. The lowest BCUT2D eigenvalue weighted by Crippen LogP contribution is -2.27. The molecular weight excluding hydrogens is 332 g/mol. The van der Waals surface area contributed by atoms with E-state index < -0.39 is 17.5 Å². The van der Waals surface area contributed by atoms with Crippen molar-refractivity contribution in [3.63, 3.8) is 0 Å². The first-order valence-electron chi connectivity index (χ1n) is 6.65. The van der Waals surface area contributed by atoms with Gasteiger partial charge in [0.1, 0.15) is 11.8 Å². The zero-order valence-electron chi connectivity index (χ0n) is 11.6. The van der Waals surface area contributed by atoms with Crippen LogP contribution in [0.5, 0.6) is 0 Å². The maximum absolute atomic E-state index is 13.9. The number of nitrogens with zero attached hydrogens (tertiary/aromatic N) is 4. The molecule has 0 saturated carbocycles. The fourth-order valence-corrected chi connectivity index (χ4v) is 3.18. The zero-order valence-corrected chi connectivity index (χ0v) is 12.5. The maximum Gasteiger partial charge on any atom is 0.433 e. The van der Waals surface area contributed by atoms with Crippen molar-refractivity contribution in [2.75, 3.05) is 18.0 Å². The Bertz CT molecular complexity index is 767. The number of pyridine rings is 1. The molecule has 2 aromatic rings. The van der Waals surface area contributed by atoms with Crippen molar-refractivity contribution in [3.8, 4) is 17.3 Å². The van der Waals surface area contributed by atoms with Crippen molar-refractivity contribution < 1.29 is 17.6 Å². The smallest absolute Gasteiger partial charge is 0.344 e. The number of thiazole rings is 1. The molecule has 2 aromatic heterocycles. The molecular formula is C14H10F4N4S. The number of nitriles is 1. The van der Waals surface area contributed by atoms with E-state index in [4.69, 9.17) is 5.26 Å². The topological polar surface area (TPSA) is 52.8 Å².